The number of hydrogen-bond donors (Lipinski definition) is 1. The fourth-order valence-electron chi connectivity index (χ4n) is 3.65. The van der Waals surface area contributed by atoms with Crippen molar-refractivity contribution in [2.24, 2.45) is 0 Å². The zero-order valence-electron chi connectivity index (χ0n) is 13.0. The number of hydrogen-bond acceptors (Lipinski definition) is 4. The third-order valence-electron chi connectivity index (χ3n) is 4.99. The van der Waals surface area contributed by atoms with E-state index in [4.69, 9.17) is 9.15 Å². The van der Waals surface area contributed by atoms with Gasteiger partial charge in [0.1, 0.15) is 11.3 Å². The molecule has 4 nitrogen and oxygen atoms in total. The zero-order valence-corrected chi connectivity index (χ0v) is 13.0. The Hall–Kier alpha value is -1.36. The van der Waals surface area contributed by atoms with Gasteiger partial charge in [-0.3, -0.25) is 4.90 Å². The van der Waals surface area contributed by atoms with Gasteiger partial charge in [0.05, 0.1) is 13.2 Å². The summed E-state index contributed by atoms with van der Waals surface area (Å²) in [7, 11) is 0. The lowest BCUT2D eigenvalue weighted by atomic mass is 10.0. The summed E-state index contributed by atoms with van der Waals surface area (Å²) in [5.41, 5.74) is 0.982. The molecule has 2 fully saturated rings. The highest BCUT2D eigenvalue weighted by Crippen LogP contribution is 2.21. The van der Waals surface area contributed by atoms with Crippen LogP contribution in [0.2, 0.25) is 0 Å². The second kappa shape index (κ2) is 6.41. The summed E-state index contributed by atoms with van der Waals surface area (Å²) >= 11 is 0. The molecule has 1 aromatic heterocycles. The average molecular weight is 300 g/mol. The lowest BCUT2D eigenvalue weighted by Crippen LogP contribution is -2.46. The van der Waals surface area contributed by atoms with E-state index in [1.54, 1.807) is 0 Å². The van der Waals surface area contributed by atoms with E-state index in [1.165, 1.54) is 37.7 Å². The molecule has 118 valence electrons. The summed E-state index contributed by atoms with van der Waals surface area (Å²) in [6.45, 7) is 5.06. The molecule has 0 saturated carbocycles. The number of benzene rings is 1. The van der Waals surface area contributed by atoms with Gasteiger partial charge in [-0.15, -0.1) is 0 Å². The molecule has 0 aliphatic carbocycles. The van der Waals surface area contributed by atoms with Gasteiger partial charge in [0.15, 0.2) is 0 Å². The van der Waals surface area contributed by atoms with Crippen LogP contribution in [-0.4, -0.2) is 43.3 Å². The molecule has 22 heavy (non-hydrogen) atoms. The predicted octanol–water partition coefficient (Wildman–Crippen LogP) is 2.78. The van der Waals surface area contributed by atoms with Crippen molar-refractivity contribution in [3.05, 3.63) is 36.1 Å². The number of furan rings is 1. The monoisotopic (exact) mass is 300 g/mol. The van der Waals surface area contributed by atoms with Crippen molar-refractivity contribution < 1.29 is 9.15 Å². The second-order valence-corrected chi connectivity index (χ2v) is 6.46. The number of ether oxygens (including phenoxy) is 1. The zero-order chi connectivity index (χ0) is 14.8. The SMILES string of the molecule is c1ccc2oc(CNC3CCN(C4CCOC4)CC3)cc2c1. The van der Waals surface area contributed by atoms with Crippen LogP contribution in [-0.2, 0) is 11.3 Å². The van der Waals surface area contributed by atoms with Gasteiger partial charge >= 0.3 is 0 Å². The maximum absolute atomic E-state index is 5.87. The molecule has 1 N–H and O–H groups in total. The van der Waals surface area contributed by atoms with Crippen LogP contribution in [0.5, 0.6) is 0 Å². The molecule has 2 aliphatic heterocycles. The Balaban J connectivity index is 1.28. The van der Waals surface area contributed by atoms with Crippen molar-refractivity contribution in [1.29, 1.82) is 0 Å². The molecular formula is C18H24N2O2. The second-order valence-electron chi connectivity index (χ2n) is 6.46. The number of likely N-dealkylation sites (tertiary alicyclic amines) is 1. The van der Waals surface area contributed by atoms with E-state index in [2.05, 4.69) is 28.4 Å². The molecule has 2 saturated heterocycles. The van der Waals surface area contributed by atoms with Crippen LogP contribution in [0, 0.1) is 0 Å². The number of piperidine rings is 1. The van der Waals surface area contributed by atoms with Gasteiger partial charge in [-0.25, -0.2) is 0 Å². The molecular weight excluding hydrogens is 276 g/mol. The van der Waals surface area contributed by atoms with Crippen molar-refractivity contribution in [3.8, 4) is 0 Å². The smallest absolute Gasteiger partial charge is 0.134 e. The molecule has 3 heterocycles. The highest BCUT2D eigenvalue weighted by Gasteiger charge is 2.27. The molecule has 1 aromatic carbocycles. The molecule has 0 bridgehead atoms. The Bertz CT molecular complexity index is 577. The largest absolute Gasteiger partial charge is 0.460 e. The van der Waals surface area contributed by atoms with Crippen LogP contribution in [0.15, 0.2) is 34.7 Å². The van der Waals surface area contributed by atoms with Gasteiger partial charge in [0.2, 0.25) is 0 Å². The van der Waals surface area contributed by atoms with Crippen LogP contribution in [0.25, 0.3) is 11.0 Å². The predicted molar refractivity (Wildman–Crippen MR) is 86.9 cm³/mol. The lowest BCUT2D eigenvalue weighted by molar-refractivity contribution is 0.116. The summed E-state index contributed by atoms with van der Waals surface area (Å²) in [5, 5.41) is 4.85. The van der Waals surface area contributed by atoms with Crippen LogP contribution in [0.3, 0.4) is 0 Å². The average Bonchev–Trinajstić information content (AvgIpc) is 3.22. The first-order valence-electron chi connectivity index (χ1n) is 8.41. The molecule has 1 unspecified atom stereocenters. The van der Waals surface area contributed by atoms with Gasteiger partial charge in [-0.1, -0.05) is 18.2 Å². The maximum Gasteiger partial charge on any atom is 0.134 e. The van der Waals surface area contributed by atoms with E-state index in [1.807, 2.05) is 12.1 Å². The summed E-state index contributed by atoms with van der Waals surface area (Å²) in [4.78, 5) is 2.60. The fourth-order valence-corrected chi connectivity index (χ4v) is 3.65. The fraction of sp³-hybridized carbons (Fsp3) is 0.556. The highest BCUT2D eigenvalue weighted by atomic mass is 16.5. The van der Waals surface area contributed by atoms with Crippen molar-refractivity contribution in [1.82, 2.24) is 10.2 Å². The quantitative estimate of drug-likeness (QED) is 0.942. The first-order chi connectivity index (χ1) is 10.9. The summed E-state index contributed by atoms with van der Waals surface area (Å²) < 4.78 is 11.4. The summed E-state index contributed by atoms with van der Waals surface area (Å²) in [5.74, 6) is 1.04. The third-order valence-corrected chi connectivity index (χ3v) is 4.99. The summed E-state index contributed by atoms with van der Waals surface area (Å²) in [6, 6.07) is 11.6. The number of fused-ring (bicyclic) bond motifs is 1. The van der Waals surface area contributed by atoms with E-state index < -0.39 is 0 Å². The number of para-hydroxylation sites is 1. The van der Waals surface area contributed by atoms with Crippen LogP contribution >= 0.6 is 0 Å². The Kier molecular flexibility index (Phi) is 4.15. The van der Waals surface area contributed by atoms with E-state index in [0.717, 1.165) is 31.1 Å². The molecule has 2 aromatic rings. The van der Waals surface area contributed by atoms with Gasteiger partial charge < -0.3 is 14.5 Å². The number of rotatable bonds is 4. The van der Waals surface area contributed by atoms with Crippen LogP contribution < -0.4 is 5.32 Å². The van der Waals surface area contributed by atoms with Crippen molar-refractivity contribution in [3.63, 3.8) is 0 Å². The van der Waals surface area contributed by atoms with Gasteiger partial charge in [0, 0.05) is 37.2 Å². The number of nitrogens with zero attached hydrogens (tertiary/aromatic N) is 1. The van der Waals surface area contributed by atoms with E-state index >= 15 is 0 Å². The highest BCUT2D eigenvalue weighted by molar-refractivity contribution is 5.77. The van der Waals surface area contributed by atoms with Crippen molar-refractivity contribution in [2.45, 2.75) is 37.9 Å². The standard InChI is InChI=1S/C18H24N2O2/c1-2-4-18-14(3-1)11-17(22-18)12-19-15-5-8-20(9-6-15)16-7-10-21-13-16/h1-4,11,15-16,19H,5-10,12-13H2. The summed E-state index contributed by atoms with van der Waals surface area (Å²) in [6.07, 6.45) is 3.64. The minimum atomic E-state index is 0.604. The van der Waals surface area contributed by atoms with Crippen LogP contribution in [0.1, 0.15) is 25.0 Å². The molecule has 0 spiro atoms. The molecule has 4 heteroatoms. The molecule has 4 rings (SSSR count). The topological polar surface area (TPSA) is 37.6 Å². The molecule has 1 atom stereocenters. The molecule has 0 amide bonds. The molecule has 2 aliphatic rings. The Morgan fingerprint density at radius 1 is 1.14 bits per heavy atom. The van der Waals surface area contributed by atoms with Crippen molar-refractivity contribution >= 4 is 11.0 Å². The van der Waals surface area contributed by atoms with Gasteiger partial charge in [-0.2, -0.15) is 0 Å². The Morgan fingerprint density at radius 2 is 2.00 bits per heavy atom. The third kappa shape index (κ3) is 3.05. The minimum Gasteiger partial charge on any atom is -0.460 e. The maximum atomic E-state index is 5.87. The Labute approximate surface area is 131 Å². The van der Waals surface area contributed by atoms with E-state index in [0.29, 0.717) is 12.1 Å². The lowest BCUT2D eigenvalue weighted by Gasteiger charge is -2.35. The van der Waals surface area contributed by atoms with Crippen molar-refractivity contribution in [2.75, 3.05) is 26.3 Å². The van der Waals surface area contributed by atoms with E-state index in [9.17, 15) is 0 Å². The first-order valence-corrected chi connectivity index (χ1v) is 8.41. The minimum absolute atomic E-state index is 0.604. The molecule has 0 radical (unpaired) electrons. The van der Waals surface area contributed by atoms with Gasteiger partial charge in [0.25, 0.3) is 0 Å². The Morgan fingerprint density at radius 3 is 2.77 bits per heavy atom. The number of nitrogens with one attached hydrogen (secondary N) is 1. The first kappa shape index (κ1) is 14.2. The van der Waals surface area contributed by atoms with Crippen LogP contribution in [0.4, 0.5) is 0 Å². The van der Waals surface area contributed by atoms with E-state index in [-0.39, 0.29) is 0 Å². The normalized spacial score (nSPS) is 24.3. The van der Waals surface area contributed by atoms with Gasteiger partial charge in [-0.05, 0) is 31.4 Å².